The molecule has 0 saturated carbocycles. The topological polar surface area (TPSA) is 50.7 Å². The standard InChI is InChI=1S/C12H14N4S/c1-17-12-7-11(15-9-16-12)14-6-4-10-3-2-5-13-8-10/h2-3,5,7-9H,4,6H2,1H3,(H,14,15,16). The highest BCUT2D eigenvalue weighted by Crippen LogP contribution is 2.13. The zero-order valence-electron chi connectivity index (χ0n) is 9.63. The summed E-state index contributed by atoms with van der Waals surface area (Å²) in [4.78, 5) is 12.4. The summed E-state index contributed by atoms with van der Waals surface area (Å²) >= 11 is 1.61. The SMILES string of the molecule is CSc1cc(NCCc2cccnc2)ncn1. The Balaban J connectivity index is 1.86. The van der Waals surface area contributed by atoms with Crippen LogP contribution in [0.5, 0.6) is 0 Å². The van der Waals surface area contributed by atoms with Crippen molar-refractivity contribution in [3.8, 4) is 0 Å². The summed E-state index contributed by atoms with van der Waals surface area (Å²) < 4.78 is 0. The number of hydrogen-bond acceptors (Lipinski definition) is 5. The van der Waals surface area contributed by atoms with E-state index in [0.717, 1.165) is 23.8 Å². The van der Waals surface area contributed by atoms with Gasteiger partial charge in [0.15, 0.2) is 0 Å². The Kier molecular flexibility index (Phi) is 4.32. The Morgan fingerprint density at radius 3 is 3.06 bits per heavy atom. The third kappa shape index (κ3) is 3.71. The molecular weight excluding hydrogens is 232 g/mol. The Morgan fingerprint density at radius 1 is 1.35 bits per heavy atom. The van der Waals surface area contributed by atoms with E-state index in [2.05, 4.69) is 26.3 Å². The van der Waals surface area contributed by atoms with Gasteiger partial charge < -0.3 is 5.32 Å². The Morgan fingerprint density at radius 2 is 2.29 bits per heavy atom. The van der Waals surface area contributed by atoms with Gasteiger partial charge >= 0.3 is 0 Å². The smallest absolute Gasteiger partial charge is 0.130 e. The second-order valence-electron chi connectivity index (χ2n) is 3.48. The minimum Gasteiger partial charge on any atom is -0.370 e. The van der Waals surface area contributed by atoms with Gasteiger partial charge in [0.25, 0.3) is 0 Å². The van der Waals surface area contributed by atoms with Crippen molar-refractivity contribution < 1.29 is 0 Å². The van der Waals surface area contributed by atoms with Crippen molar-refractivity contribution in [1.29, 1.82) is 0 Å². The van der Waals surface area contributed by atoms with Crippen LogP contribution >= 0.6 is 11.8 Å². The molecule has 0 atom stereocenters. The summed E-state index contributed by atoms with van der Waals surface area (Å²) in [5, 5.41) is 4.25. The van der Waals surface area contributed by atoms with Crippen molar-refractivity contribution in [1.82, 2.24) is 15.0 Å². The molecule has 88 valence electrons. The molecule has 0 aliphatic carbocycles. The molecule has 0 amide bonds. The quantitative estimate of drug-likeness (QED) is 0.647. The van der Waals surface area contributed by atoms with Crippen LogP contribution in [-0.2, 0) is 6.42 Å². The molecule has 0 bridgehead atoms. The van der Waals surface area contributed by atoms with E-state index in [1.54, 1.807) is 24.3 Å². The van der Waals surface area contributed by atoms with Gasteiger partial charge in [0.1, 0.15) is 17.2 Å². The number of nitrogens with zero attached hydrogens (tertiary/aromatic N) is 3. The van der Waals surface area contributed by atoms with Gasteiger partial charge in [-0.2, -0.15) is 0 Å². The highest BCUT2D eigenvalue weighted by Gasteiger charge is 1.97. The molecule has 17 heavy (non-hydrogen) atoms. The summed E-state index contributed by atoms with van der Waals surface area (Å²) in [5.74, 6) is 0.869. The average Bonchev–Trinajstić information content (AvgIpc) is 2.40. The number of thioether (sulfide) groups is 1. The molecular formula is C12H14N4S. The van der Waals surface area contributed by atoms with E-state index in [9.17, 15) is 0 Å². The zero-order chi connectivity index (χ0) is 11.9. The van der Waals surface area contributed by atoms with E-state index in [0.29, 0.717) is 0 Å². The summed E-state index contributed by atoms with van der Waals surface area (Å²) in [6.07, 6.45) is 8.19. The van der Waals surface area contributed by atoms with Gasteiger partial charge in [-0.3, -0.25) is 4.98 Å². The summed E-state index contributed by atoms with van der Waals surface area (Å²) in [6.45, 7) is 0.844. The number of aromatic nitrogens is 3. The zero-order valence-corrected chi connectivity index (χ0v) is 10.4. The van der Waals surface area contributed by atoms with E-state index in [-0.39, 0.29) is 0 Å². The van der Waals surface area contributed by atoms with Crippen LogP contribution in [0.3, 0.4) is 0 Å². The van der Waals surface area contributed by atoms with Crippen LogP contribution in [0.2, 0.25) is 0 Å². The molecule has 0 aliphatic heterocycles. The third-order valence-electron chi connectivity index (χ3n) is 2.29. The third-order valence-corrected chi connectivity index (χ3v) is 2.94. The van der Waals surface area contributed by atoms with Gasteiger partial charge in [0.2, 0.25) is 0 Å². The van der Waals surface area contributed by atoms with E-state index in [1.807, 2.05) is 24.6 Å². The van der Waals surface area contributed by atoms with Crippen LogP contribution < -0.4 is 5.32 Å². The van der Waals surface area contributed by atoms with Crippen molar-refractivity contribution in [3.05, 3.63) is 42.5 Å². The second-order valence-corrected chi connectivity index (χ2v) is 4.31. The normalized spacial score (nSPS) is 10.2. The van der Waals surface area contributed by atoms with Crippen LogP contribution in [0.25, 0.3) is 0 Å². The lowest BCUT2D eigenvalue weighted by Gasteiger charge is -2.05. The molecule has 2 rings (SSSR count). The van der Waals surface area contributed by atoms with Crippen LogP contribution in [0.4, 0.5) is 5.82 Å². The Labute approximate surface area is 105 Å². The molecule has 5 heteroatoms. The number of anilines is 1. The first-order valence-electron chi connectivity index (χ1n) is 5.37. The van der Waals surface area contributed by atoms with Crippen molar-refractivity contribution in [2.75, 3.05) is 18.1 Å². The summed E-state index contributed by atoms with van der Waals surface area (Å²) in [5.41, 5.74) is 1.22. The molecule has 0 spiro atoms. The predicted molar refractivity (Wildman–Crippen MR) is 70.2 cm³/mol. The van der Waals surface area contributed by atoms with Crippen LogP contribution in [0.1, 0.15) is 5.56 Å². The van der Waals surface area contributed by atoms with Gasteiger partial charge in [-0.1, -0.05) is 6.07 Å². The molecule has 0 aromatic carbocycles. The Bertz CT molecular complexity index is 461. The first-order valence-corrected chi connectivity index (χ1v) is 6.60. The van der Waals surface area contributed by atoms with E-state index in [4.69, 9.17) is 0 Å². The number of nitrogens with one attached hydrogen (secondary N) is 1. The number of pyridine rings is 1. The lowest BCUT2D eigenvalue weighted by molar-refractivity contribution is 0.973. The molecule has 0 radical (unpaired) electrons. The van der Waals surface area contributed by atoms with Crippen molar-refractivity contribution >= 4 is 17.6 Å². The highest BCUT2D eigenvalue weighted by molar-refractivity contribution is 7.98. The Hall–Kier alpha value is -1.62. The van der Waals surface area contributed by atoms with Gasteiger partial charge in [-0.05, 0) is 24.3 Å². The van der Waals surface area contributed by atoms with Crippen LogP contribution in [0.15, 0.2) is 41.9 Å². The molecule has 1 N–H and O–H groups in total. The lowest BCUT2D eigenvalue weighted by atomic mass is 10.2. The van der Waals surface area contributed by atoms with Crippen molar-refractivity contribution in [3.63, 3.8) is 0 Å². The first-order chi connectivity index (χ1) is 8.38. The fraction of sp³-hybridized carbons (Fsp3) is 0.250. The van der Waals surface area contributed by atoms with Gasteiger partial charge in [0.05, 0.1) is 0 Å². The summed E-state index contributed by atoms with van der Waals surface area (Å²) in [7, 11) is 0. The fourth-order valence-corrected chi connectivity index (χ4v) is 1.81. The molecule has 2 aromatic heterocycles. The van der Waals surface area contributed by atoms with Crippen LogP contribution in [0, 0.1) is 0 Å². The van der Waals surface area contributed by atoms with Crippen molar-refractivity contribution in [2.24, 2.45) is 0 Å². The van der Waals surface area contributed by atoms with Crippen LogP contribution in [-0.4, -0.2) is 27.8 Å². The minimum atomic E-state index is 0.844. The summed E-state index contributed by atoms with van der Waals surface area (Å²) in [6, 6.07) is 5.97. The first kappa shape index (κ1) is 11.9. The lowest BCUT2D eigenvalue weighted by Crippen LogP contribution is -2.06. The molecule has 0 saturated heterocycles. The maximum Gasteiger partial charge on any atom is 0.130 e. The van der Waals surface area contributed by atoms with Gasteiger partial charge in [-0.15, -0.1) is 11.8 Å². The molecule has 4 nitrogen and oxygen atoms in total. The average molecular weight is 246 g/mol. The van der Waals surface area contributed by atoms with E-state index in [1.165, 1.54) is 5.56 Å². The molecule has 0 aliphatic rings. The highest BCUT2D eigenvalue weighted by atomic mass is 32.2. The fourth-order valence-electron chi connectivity index (χ4n) is 1.43. The molecule has 2 aromatic rings. The largest absolute Gasteiger partial charge is 0.370 e. The monoisotopic (exact) mass is 246 g/mol. The number of hydrogen-bond donors (Lipinski definition) is 1. The van der Waals surface area contributed by atoms with E-state index >= 15 is 0 Å². The second kappa shape index (κ2) is 6.20. The van der Waals surface area contributed by atoms with Gasteiger partial charge in [-0.25, -0.2) is 9.97 Å². The predicted octanol–water partition coefficient (Wildman–Crippen LogP) is 2.25. The van der Waals surface area contributed by atoms with E-state index < -0.39 is 0 Å². The van der Waals surface area contributed by atoms with Crippen molar-refractivity contribution in [2.45, 2.75) is 11.4 Å². The number of rotatable bonds is 5. The maximum atomic E-state index is 4.17. The van der Waals surface area contributed by atoms with Gasteiger partial charge in [0, 0.05) is 25.0 Å². The molecule has 0 fully saturated rings. The molecule has 0 unspecified atom stereocenters. The minimum absolute atomic E-state index is 0.844. The maximum absolute atomic E-state index is 4.17. The molecule has 2 heterocycles.